The van der Waals surface area contributed by atoms with Crippen LogP contribution < -0.4 is 4.74 Å². The third kappa shape index (κ3) is 5.68. The highest BCUT2D eigenvalue weighted by atomic mass is 32.2. The van der Waals surface area contributed by atoms with Gasteiger partial charge in [-0.05, 0) is 31.0 Å². The average Bonchev–Trinajstić information content (AvgIpc) is 2.76. The lowest BCUT2D eigenvalue weighted by molar-refractivity contribution is -0.141. The Bertz CT molecular complexity index is 850. The van der Waals surface area contributed by atoms with Crippen molar-refractivity contribution in [2.75, 3.05) is 32.7 Å². The molecule has 2 aliphatic rings. The van der Waals surface area contributed by atoms with E-state index < -0.39 is 12.0 Å². The van der Waals surface area contributed by atoms with Crippen LogP contribution in [0.3, 0.4) is 0 Å². The van der Waals surface area contributed by atoms with Crippen molar-refractivity contribution in [3.05, 3.63) is 41.1 Å². The fraction of sp³-hybridized carbons (Fsp3) is 0.522. The number of carbonyl (C=O) groups excluding carboxylic acids is 2. The summed E-state index contributed by atoms with van der Waals surface area (Å²) in [5, 5.41) is 0.632. The van der Waals surface area contributed by atoms with Crippen LogP contribution in [-0.4, -0.2) is 54.6 Å². The Hall–Kier alpha value is -2.32. The highest BCUT2D eigenvalue weighted by molar-refractivity contribution is 8.14. The molecular weight excluding hydrogens is 416 g/mol. The van der Waals surface area contributed by atoms with Gasteiger partial charge in [0, 0.05) is 19.3 Å². The summed E-state index contributed by atoms with van der Waals surface area (Å²) in [7, 11) is 1.55. The summed E-state index contributed by atoms with van der Waals surface area (Å²) >= 11 is 1.53. The Morgan fingerprint density at radius 2 is 1.97 bits per heavy atom. The number of allylic oxidation sites excluding steroid dienone is 1. The molecule has 1 aromatic carbocycles. The van der Waals surface area contributed by atoms with Crippen LogP contribution >= 0.6 is 11.8 Å². The molecule has 0 saturated carbocycles. The molecule has 1 amide bonds. The second-order valence-corrected chi connectivity index (χ2v) is 8.47. The first-order chi connectivity index (χ1) is 15.1. The average molecular weight is 447 g/mol. The molecule has 0 radical (unpaired) electrons. The minimum absolute atomic E-state index is 0.0444. The van der Waals surface area contributed by atoms with Crippen LogP contribution in [0.1, 0.15) is 51.1 Å². The van der Waals surface area contributed by atoms with Gasteiger partial charge in [0.15, 0.2) is 5.17 Å². The van der Waals surface area contributed by atoms with Gasteiger partial charge in [-0.15, -0.1) is 0 Å². The number of rotatable bonds is 10. The molecule has 8 heteroatoms. The predicted molar refractivity (Wildman–Crippen MR) is 121 cm³/mol. The van der Waals surface area contributed by atoms with Crippen LogP contribution in [-0.2, 0) is 19.1 Å². The van der Waals surface area contributed by atoms with Crippen LogP contribution in [0.2, 0.25) is 0 Å². The van der Waals surface area contributed by atoms with Gasteiger partial charge in [-0.25, -0.2) is 9.79 Å². The van der Waals surface area contributed by atoms with E-state index in [1.165, 1.54) is 11.8 Å². The van der Waals surface area contributed by atoms with Gasteiger partial charge in [0.05, 0.1) is 30.5 Å². The predicted octanol–water partition coefficient (Wildman–Crippen LogP) is 4.10. The first-order valence-electron chi connectivity index (χ1n) is 10.7. The number of hydrogen-bond donors (Lipinski definition) is 0. The van der Waals surface area contributed by atoms with Crippen LogP contribution in [0.15, 0.2) is 40.5 Å². The van der Waals surface area contributed by atoms with Crippen molar-refractivity contribution in [3.63, 3.8) is 0 Å². The number of fused-ring (bicyclic) bond motifs is 1. The van der Waals surface area contributed by atoms with Gasteiger partial charge in [0.25, 0.3) is 0 Å². The van der Waals surface area contributed by atoms with Gasteiger partial charge in [0.2, 0.25) is 5.91 Å². The second kappa shape index (κ2) is 11.3. The topological polar surface area (TPSA) is 77.4 Å². The van der Waals surface area contributed by atoms with E-state index in [4.69, 9.17) is 14.2 Å². The number of thioether (sulfide) groups is 1. The maximum atomic E-state index is 12.9. The Kier molecular flexibility index (Phi) is 8.54. The minimum Gasteiger partial charge on any atom is -0.494 e. The largest absolute Gasteiger partial charge is 0.494 e. The minimum atomic E-state index is -0.572. The molecule has 1 aromatic rings. The molecule has 0 aromatic heterocycles. The number of benzene rings is 1. The quantitative estimate of drug-likeness (QED) is 0.398. The SMILES string of the molecule is CCCCCOc1ccc([C@H]2C(C(=O)OCCOC)=C(C)N=C3SCCC(=O)N32)cc1. The lowest BCUT2D eigenvalue weighted by Gasteiger charge is -2.38. The maximum absolute atomic E-state index is 12.9. The van der Waals surface area contributed by atoms with Crippen molar-refractivity contribution in [2.45, 2.75) is 45.6 Å². The zero-order chi connectivity index (χ0) is 22.2. The van der Waals surface area contributed by atoms with Gasteiger partial charge in [-0.3, -0.25) is 9.69 Å². The highest BCUT2D eigenvalue weighted by Crippen LogP contribution is 2.40. The van der Waals surface area contributed by atoms with Gasteiger partial charge in [-0.1, -0.05) is 43.7 Å². The normalized spacial score (nSPS) is 18.5. The van der Waals surface area contributed by atoms with E-state index in [9.17, 15) is 9.59 Å². The summed E-state index contributed by atoms with van der Waals surface area (Å²) in [6, 6.07) is 7.02. The molecule has 0 unspecified atom stereocenters. The van der Waals surface area contributed by atoms with E-state index in [1.54, 1.807) is 18.9 Å². The molecule has 0 spiro atoms. The molecule has 0 aliphatic carbocycles. The Labute approximate surface area is 187 Å². The maximum Gasteiger partial charge on any atom is 0.338 e. The van der Waals surface area contributed by atoms with Crippen LogP contribution in [0.4, 0.5) is 0 Å². The van der Waals surface area contributed by atoms with Crippen LogP contribution in [0.25, 0.3) is 0 Å². The van der Waals surface area contributed by atoms with Crippen LogP contribution in [0.5, 0.6) is 5.75 Å². The fourth-order valence-corrected chi connectivity index (χ4v) is 4.56. The molecule has 2 aliphatic heterocycles. The van der Waals surface area contributed by atoms with Gasteiger partial charge >= 0.3 is 5.97 Å². The van der Waals surface area contributed by atoms with Crippen molar-refractivity contribution in [2.24, 2.45) is 4.99 Å². The molecule has 1 fully saturated rings. The van der Waals surface area contributed by atoms with Gasteiger partial charge in [-0.2, -0.15) is 0 Å². The summed E-state index contributed by atoms with van der Waals surface area (Å²) in [6.45, 7) is 5.06. The number of hydrogen-bond acceptors (Lipinski definition) is 7. The number of esters is 1. The summed E-state index contributed by atoms with van der Waals surface area (Å²) in [5.74, 6) is 0.934. The van der Waals surface area contributed by atoms with Crippen molar-refractivity contribution < 1.29 is 23.8 Å². The van der Waals surface area contributed by atoms with E-state index in [2.05, 4.69) is 11.9 Å². The summed E-state index contributed by atoms with van der Waals surface area (Å²) < 4.78 is 16.2. The number of aliphatic imine (C=N–C) groups is 1. The third-order valence-corrected chi connectivity index (χ3v) is 6.11. The molecule has 0 bridgehead atoms. The molecule has 7 nitrogen and oxygen atoms in total. The molecule has 168 valence electrons. The van der Waals surface area contributed by atoms with Crippen molar-refractivity contribution >= 4 is 28.8 Å². The number of amidine groups is 1. The smallest absolute Gasteiger partial charge is 0.338 e. The second-order valence-electron chi connectivity index (χ2n) is 7.41. The number of ether oxygens (including phenoxy) is 3. The van der Waals surface area contributed by atoms with Gasteiger partial charge < -0.3 is 14.2 Å². The number of nitrogens with zero attached hydrogens (tertiary/aromatic N) is 2. The zero-order valence-corrected chi connectivity index (χ0v) is 19.2. The summed E-state index contributed by atoms with van der Waals surface area (Å²) in [6.07, 6.45) is 3.70. The van der Waals surface area contributed by atoms with E-state index >= 15 is 0 Å². The van der Waals surface area contributed by atoms with Crippen LogP contribution in [0, 0.1) is 0 Å². The van der Waals surface area contributed by atoms with Crippen molar-refractivity contribution in [1.29, 1.82) is 0 Å². The fourth-order valence-electron chi connectivity index (χ4n) is 3.56. The van der Waals surface area contributed by atoms with Crippen molar-refractivity contribution in [1.82, 2.24) is 4.90 Å². The molecule has 1 saturated heterocycles. The molecular formula is C23H30N2O5S. The standard InChI is InChI=1S/C23H30N2O5S/c1-4-5-6-12-29-18-9-7-17(8-10-18)21-20(22(27)30-14-13-28-3)16(2)24-23-25(21)19(26)11-15-31-23/h7-10,21H,4-6,11-15H2,1-3H3/t21-/m0/s1. The summed E-state index contributed by atoms with van der Waals surface area (Å²) in [4.78, 5) is 31.9. The highest BCUT2D eigenvalue weighted by Gasteiger charge is 2.41. The van der Waals surface area contributed by atoms with E-state index in [0.717, 1.165) is 30.6 Å². The van der Waals surface area contributed by atoms with Gasteiger partial charge in [0.1, 0.15) is 12.4 Å². The Morgan fingerprint density at radius 1 is 1.19 bits per heavy atom. The number of unbranched alkanes of at least 4 members (excludes halogenated alkanes) is 2. The Balaban J connectivity index is 1.88. The lowest BCUT2D eigenvalue weighted by Crippen LogP contribution is -2.45. The molecule has 31 heavy (non-hydrogen) atoms. The third-order valence-electron chi connectivity index (χ3n) is 5.16. The molecule has 3 rings (SSSR count). The van der Waals surface area contributed by atoms with E-state index in [1.807, 2.05) is 24.3 Å². The van der Waals surface area contributed by atoms with Crippen molar-refractivity contribution in [3.8, 4) is 5.75 Å². The number of methoxy groups -OCH3 is 1. The zero-order valence-electron chi connectivity index (χ0n) is 18.4. The first kappa shape index (κ1) is 23.3. The van der Waals surface area contributed by atoms with E-state index in [0.29, 0.717) is 41.8 Å². The number of carbonyl (C=O) groups is 2. The van der Waals surface area contributed by atoms with E-state index in [-0.39, 0.29) is 12.5 Å². The molecule has 2 heterocycles. The molecule has 1 atom stereocenters. The Morgan fingerprint density at radius 3 is 2.68 bits per heavy atom. The monoisotopic (exact) mass is 446 g/mol. The first-order valence-corrected chi connectivity index (χ1v) is 11.7. The molecule has 0 N–H and O–H groups in total. The summed E-state index contributed by atoms with van der Waals surface area (Å²) in [5.41, 5.74) is 1.77. The number of amides is 1. The lowest BCUT2D eigenvalue weighted by atomic mass is 9.94.